The van der Waals surface area contributed by atoms with Gasteiger partial charge in [-0.25, -0.2) is 0 Å². The van der Waals surface area contributed by atoms with Crippen LogP contribution in [0.1, 0.15) is 42.2 Å². The van der Waals surface area contributed by atoms with E-state index in [4.69, 9.17) is 10.3 Å². The van der Waals surface area contributed by atoms with Crippen LogP contribution in [0.5, 0.6) is 0 Å². The summed E-state index contributed by atoms with van der Waals surface area (Å²) in [6, 6.07) is 2.09. The fourth-order valence-corrected chi connectivity index (χ4v) is 2.55. The molecule has 0 fully saturated rings. The molecule has 2 heterocycles. The van der Waals surface area contributed by atoms with E-state index in [1.54, 1.807) is 6.20 Å². The third-order valence-corrected chi connectivity index (χ3v) is 3.44. The van der Waals surface area contributed by atoms with E-state index in [1.165, 1.54) is 24.0 Å². The molecule has 1 aliphatic rings. The number of hydrogen-bond donors (Lipinski definition) is 1. The van der Waals surface area contributed by atoms with E-state index in [2.05, 4.69) is 22.1 Å². The first-order valence-corrected chi connectivity index (χ1v) is 6.16. The van der Waals surface area contributed by atoms with Crippen LogP contribution < -0.4 is 5.73 Å². The monoisotopic (exact) mass is 231 g/mol. The number of nitrogens with two attached hydrogens (primary N) is 1. The van der Waals surface area contributed by atoms with Crippen molar-refractivity contribution in [2.45, 2.75) is 38.3 Å². The minimum absolute atomic E-state index is 0.198. The zero-order chi connectivity index (χ0) is 11.7. The van der Waals surface area contributed by atoms with Gasteiger partial charge in [0.25, 0.3) is 0 Å². The summed E-state index contributed by atoms with van der Waals surface area (Å²) < 4.78 is 7.27. The molecule has 4 heteroatoms. The molecule has 17 heavy (non-hydrogen) atoms. The summed E-state index contributed by atoms with van der Waals surface area (Å²) in [6.45, 7) is 0.736. The summed E-state index contributed by atoms with van der Waals surface area (Å²) in [4.78, 5) is 0. The van der Waals surface area contributed by atoms with E-state index in [1.807, 2.05) is 6.07 Å². The second-order valence-electron chi connectivity index (χ2n) is 4.74. The van der Waals surface area contributed by atoms with Crippen molar-refractivity contribution in [1.29, 1.82) is 0 Å². The van der Waals surface area contributed by atoms with Crippen LogP contribution in [-0.4, -0.2) is 9.72 Å². The molecule has 90 valence electrons. The van der Waals surface area contributed by atoms with Crippen LogP contribution in [0.2, 0.25) is 0 Å². The predicted molar refractivity (Wildman–Crippen MR) is 64.5 cm³/mol. The molecule has 0 saturated heterocycles. The average molecular weight is 231 g/mol. The van der Waals surface area contributed by atoms with Crippen LogP contribution >= 0.6 is 0 Å². The lowest BCUT2D eigenvalue weighted by Crippen LogP contribution is -2.09. The highest BCUT2D eigenvalue weighted by Crippen LogP contribution is 2.27. The Labute approximate surface area is 100 Å². The first kappa shape index (κ1) is 10.6. The highest BCUT2D eigenvalue weighted by atomic mass is 16.5. The van der Waals surface area contributed by atoms with Crippen LogP contribution in [-0.2, 0) is 13.0 Å². The van der Waals surface area contributed by atoms with E-state index in [-0.39, 0.29) is 6.04 Å². The van der Waals surface area contributed by atoms with Crippen LogP contribution in [0.15, 0.2) is 29.2 Å². The molecule has 1 atom stereocenters. The van der Waals surface area contributed by atoms with Gasteiger partial charge in [0.2, 0.25) is 0 Å². The van der Waals surface area contributed by atoms with E-state index < -0.39 is 0 Å². The van der Waals surface area contributed by atoms with Gasteiger partial charge in [0.15, 0.2) is 5.76 Å². The van der Waals surface area contributed by atoms with Gasteiger partial charge in [-0.1, -0.05) is 11.6 Å². The first-order valence-electron chi connectivity index (χ1n) is 6.16. The zero-order valence-corrected chi connectivity index (χ0v) is 9.80. The smallest absolute Gasteiger partial charge is 0.156 e. The summed E-state index contributed by atoms with van der Waals surface area (Å²) in [5, 5.41) is 3.72. The maximum atomic E-state index is 6.18. The second kappa shape index (κ2) is 4.37. The Balaban J connectivity index is 1.86. The largest absolute Gasteiger partial charge is 0.359 e. The fourth-order valence-electron chi connectivity index (χ4n) is 2.55. The van der Waals surface area contributed by atoms with Crippen molar-refractivity contribution in [2.24, 2.45) is 5.73 Å². The number of fused-ring (bicyclic) bond motifs is 1. The van der Waals surface area contributed by atoms with Crippen LogP contribution in [0.4, 0.5) is 0 Å². The molecule has 0 amide bonds. The van der Waals surface area contributed by atoms with Gasteiger partial charge in [0.1, 0.15) is 0 Å². The Hall–Kier alpha value is -1.55. The van der Waals surface area contributed by atoms with Gasteiger partial charge in [-0.05, 0) is 30.4 Å². The molecule has 0 radical (unpaired) electrons. The van der Waals surface area contributed by atoms with Crippen molar-refractivity contribution in [1.82, 2.24) is 9.72 Å². The number of nitrogens with zero attached hydrogens (tertiary/aromatic N) is 2. The Morgan fingerprint density at radius 1 is 1.41 bits per heavy atom. The van der Waals surface area contributed by atoms with Gasteiger partial charge in [0.05, 0.1) is 12.7 Å². The number of aryl methyl sites for hydroxylation is 1. The minimum Gasteiger partial charge on any atom is -0.359 e. The molecule has 0 bridgehead atoms. The Morgan fingerprint density at radius 3 is 3.18 bits per heavy atom. The molecule has 1 aliphatic carbocycles. The molecule has 4 nitrogen and oxygen atoms in total. The molecule has 0 spiro atoms. The number of rotatable bonds is 2. The number of hydrogen-bond acceptors (Lipinski definition) is 3. The van der Waals surface area contributed by atoms with Crippen LogP contribution in [0.3, 0.4) is 0 Å². The summed E-state index contributed by atoms with van der Waals surface area (Å²) in [7, 11) is 0. The zero-order valence-electron chi connectivity index (χ0n) is 9.80. The lowest BCUT2D eigenvalue weighted by Gasteiger charge is -2.07. The molecule has 2 N–H and O–H groups in total. The van der Waals surface area contributed by atoms with E-state index in [9.17, 15) is 0 Å². The van der Waals surface area contributed by atoms with Crippen molar-refractivity contribution >= 4 is 0 Å². The highest BCUT2D eigenvalue weighted by Gasteiger charge is 2.17. The molecule has 0 aromatic carbocycles. The second-order valence-corrected chi connectivity index (χ2v) is 4.74. The average Bonchev–Trinajstić information content (AvgIpc) is 2.92. The Kier molecular flexibility index (Phi) is 2.73. The summed E-state index contributed by atoms with van der Waals surface area (Å²) in [5.41, 5.74) is 8.89. The van der Waals surface area contributed by atoms with Crippen molar-refractivity contribution < 1.29 is 4.52 Å². The summed E-state index contributed by atoms with van der Waals surface area (Å²) >= 11 is 0. The quantitative estimate of drug-likeness (QED) is 0.806. The highest BCUT2D eigenvalue weighted by molar-refractivity contribution is 5.29. The van der Waals surface area contributed by atoms with Gasteiger partial charge in [-0.15, -0.1) is 0 Å². The topological polar surface area (TPSA) is 57.0 Å². The van der Waals surface area contributed by atoms with Crippen molar-refractivity contribution in [2.75, 3.05) is 0 Å². The first-order chi connectivity index (χ1) is 8.33. The van der Waals surface area contributed by atoms with Crippen LogP contribution in [0.25, 0.3) is 0 Å². The lowest BCUT2D eigenvalue weighted by atomic mass is 10.1. The molecule has 0 saturated carbocycles. The van der Waals surface area contributed by atoms with Crippen molar-refractivity contribution in [3.8, 4) is 0 Å². The summed E-state index contributed by atoms with van der Waals surface area (Å²) in [6.07, 6.45) is 10.8. The third-order valence-electron chi connectivity index (χ3n) is 3.44. The molecule has 3 rings (SSSR count). The molecule has 2 aromatic rings. The Bertz CT molecular complexity index is 487. The third kappa shape index (κ3) is 2.13. The molecular formula is C13H17N3O. The van der Waals surface area contributed by atoms with Crippen LogP contribution in [0, 0.1) is 0 Å². The van der Waals surface area contributed by atoms with E-state index >= 15 is 0 Å². The van der Waals surface area contributed by atoms with Gasteiger partial charge < -0.3 is 14.8 Å². The minimum atomic E-state index is 0.198. The molecular weight excluding hydrogens is 214 g/mol. The lowest BCUT2D eigenvalue weighted by molar-refractivity contribution is 0.376. The Morgan fingerprint density at radius 2 is 2.35 bits per heavy atom. The molecule has 2 aromatic heterocycles. The fraction of sp³-hybridized carbons (Fsp3) is 0.462. The molecule has 1 unspecified atom stereocenters. The number of aromatic nitrogens is 2. The maximum Gasteiger partial charge on any atom is 0.156 e. The normalized spacial score (nSPS) is 19.9. The van der Waals surface area contributed by atoms with Gasteiger partial charge in [-0.2, -0.15) is 0 Å². The molecule has 0 aliphatic heterocycles. The SMILES string of the molecule is NC1CCCCc2cn(Cc3ccno3)cc21. The van der Waals surface area contributed by atoms with Gasteiger partial charge >= 0.3 is 0 Å². The summed E-state index contributed by atoms with van der Waals surface area (Å²) in [5.74, 6) is 0.878. The van der Waals surface area contributed by atoms with Crippen molar-refractivity contribution in [3.63, 3.8) is 0 Å². The van der Waals surface area contributed by atoms with Crippen molar-refractivity contribution in [3.05, 3.63) is 41.5 Å². The van der Waals surface area contributed by atoms with Gasteiger partial charge in [-0.3, -0.25) is 0 Å². The standard InChI is InChI=1S/C13H17N3O/c14-13-4-2-1-3-10-7-16(9-12(10)13)8-11-5-6-15-17-11/h5-7,9,13H,1-4,8,14H2. The van der Waals surface area contributed by atoms with E-state index in [0.717, 1.165) is 25.1 Å². The maximum absolute atomic E-state index is 6.18. The van der Waals surface area contributed by atoms with Gasteiger partial charge in [0, 0.05) is 24.5 Å². The van der Waals surface area contributed by atoms with E-state index in [0.29, 0.717) is 0 Å². The predicted octanol–water partition coefficient (Wildman–Crippen LogP) is 2.25.